The fourth-order valence-corrected chi connectivity index (χ4v) is 4.26. The number of hydrogen-bond donors (Lipinski definition) is 2. The number of carbonyl (C=O) groups excluding carboxylic acids is 1. The van der Waals surface area contributed by atoms with E-state index >= 15 is 0 Å². The molecule has 3 N–H and O–H groups in total. The van der Waals surface area contributed by atoms with Crippen LogP contribution in [0.1, 0.15) is 43.3 Å². The van der Waals surface area contributed by atoms with Crippen LogP contribution in [-0.2, 0) is 4.79 Å². The third kappa shape index (κ3) is 4.48. The second-order valence-corrected chi connectivity index (χ2v) is 8.87. The minimum absolute atomic E-state index is 0.0591. The molecular formula is C18H24N6OS2. The first-order valence-corrected chi connectivity index (χ1v) is 10.7. The van der Waals surface area contributed by atoms with Gasteiger partial charge < -0.3 is 11.1 Å². The van der Waals surface area contributed by atoms with Crippen LogP contribution in [-0.4, -0.2) is 31.5 Å². The Balaban J connectivity index is 1.66. The molecule has 9 heteroatoms. The lowest BCUT2D eigenvalue weighted by molar-refractivity contribution is -0.113. The van der Waals surface area contributed by atoms with Crippen molar-refractivity contribution < 1.29 is 4.79 Å². The van der Waals surface area contributed by atoms with E-state index in [0.29, 0.717) is 16.7 Å². The third-order valence-electron chi connectivity index (χ3n) is 4.55. The zero-order chi connectivity index (χ0) is 19.6. The number of thioether (sulfide) groups is 1. The highest BCUT2D eigenvalue weighted by Gasteiger charge is 2.22. The number of amides is 1. The van der Waals surface area contributed by atoms with Crippen molar-refractivity contribution >= 4 is 39.7 Å². The second-order valence-electron chi connectivity index (χ2n) is 6.69. The summed E-state index contributed by atoms with van der Waals surface area (Å²) in [6.07, 6.45) is 0.959. The predicted octanol–water partition coefficient (Wildman–Crippen LogP) is 3.58. The Bertz CT molecular complexity index is 951. The fourth-order valence-electron chi connectivity index (χ4n) is 2.57. The van der Waals surface area contributed by atoms with Gasteiger partial charge in [-0.25, -0.2) is 0 Å². The molecule has 0 bridgehead atoms. The lowest BCUT2D eigenvalue weighted by Crippen LogP contribution is -2.21. The van der Waals surface area contributed by atoms with Crippen LogP contribution in [0.2, 0.25) is 0 Å². The number of rotatable bonds is 7. The van der Waals surface area contributed by atoms with Crippen molar-refractivity contribution in [2.75, 3.05) is 11.1 Å². The predicted molar refractivity (Wildman–Crippen MR) is 110 cm³/mol. The first kappa shape index (κ1) is 19.8. The Kier molecular flexibility index (Phi) is 6.13. The number of nitrogens with zero attached hydrogens (tertiary/aromatic N) is 4. The summed E-state index contributed by atoms with van der Waals surface area (Å²) in [5, 5.41) is 15.8. The molecule has 3 rings (SSSR count). The van der Waals surface area contributed by atoms with Crippen LogP contribution >= 0.6 is 23.1 Å². The lowest BCUT2D eigenvalue weighted by atomic mass is 10.00. The van der Waals surface area contributed by atoms with E-state index in [1.54, 1.807) is 4.52 Å². The molecule has 0 spiro atoms. The average Bonchev–Trinajstić information content (AvgIpc) is 3.22. The molecule has 27 heavy (non-hydrogen) atoms. The number of benzene rings is 1. The molecule has 2 unspecified atom stereocenters. The molecule has 2 atom stereocenters. The minimum Gasteiger partial charge on any atom is -0.325 e. The van der Waals surface area contributed by atoms with Crippen LogP contribution in [0.15, 0.2) is 22.5 Å². The summed E-state index contributed by atoms with van der Waals surface area (Å²) in [6.45, 7) is 8.17. The highest BCUT2D eigenvalue weighted by atomic mass is 32.2. The Morgan fingerprint density at radius 3 is 2.89 bits per heavy atom. The molecule has 1 amide bonds. The van der Waals surface area contributed by atoms with E-state index in [1.165, 1.54) is 23.1 Å². The smallest absolute Gasteiger partial charge is 0.235 e. The maximum absolute atomic E-state index is 12.3. The molecule has 0 aliphatic heterocycles. The maximum Gasteiger partial charge on any atom is 0.235 e. The number of carbonyl (C=O) groups is 1. The minimum atomic E-state index is -0.211. The Morgan fingerprint density at radius 1 is 1.37 bits per heavy atom. The van der Waals surface area contributed by atoms with E-state index in [4.69, 9.17) is 5.73 Å². The molecule has 2 heterocycles. The molecule has 0 saturated heterocycles. The van der Waals surface area contributed by atoms with Gasteiger partial charge in [0.25, 0.3) is 0 Å². The molecule has 0 saturated carbocycles. The van der Waals surface area contributed by atoms with E-state index in [0.717, 1.165) is 27.6 Å². The first-order chi connectivity index (χ1) is 12.9. The van der Waals surface area contributed by atoms with Gasteiger partial charge in [0.05, 0.1) is 11.8 Å². The van der Waals surface area contributed by atoms with Gasteiger partial charge in [-0.05, 0) is 37.0 Å². The summed E-state index contributed by atoms with van der Waals surface area (Å²) in [5.74, 6) is 1.18. The number of aryl methyl sites for hydroxylation is 2. The highest BCUT2D eigenvalue weighted by molar-refractivity contribution is 8.01. The van der Waals surface area contributed by atoms with E-state index in [2.05, 4.69) is 34.5 Å². The Labute approximate surface area is 166 Å². The van der Waals surface area contributed by atoms with Gasteiger partial charge >= 0.3 is 0 Å². The fraction of sp³-hybridized carbons (Fsp3) is 0.444. The normalized spacial score (nSPS) is 13.7. The van der Waals surface area contributed by atoms with Crippen molar-refractivity contribution in [1.29, 1.82) is 0 Å². The monoisotopic (exact) mass is 404 g/mol. The number of nitrogens with one attached hydrogen (secondary N) is 1. The number of hydrogen-bond acceptors (Lipinski definition) is 7. The molecular weight excluding hydrogens is 380 g/mol. The summed E-state index contributed by atoms with van der Waals surface area (Å²) in [4.78, 5) is 13.0. The van der Waals surface area contributed by atoms with Crippen molar-refractivity contribution in [3.8, 4) is 0 Å². The van der Waals surface area contributed by atoms with Gasteiger partial charge in [-0.2, -0.15) is 4.52 Å². The number of nitrogens with two attached hydrogens (primary N) is 1. The zero-order valence-corrected chi connectivity index (χ0v) is 17.5. The first-order valence-electron chi connectivity index (χ1n) is 8.86. The summed E-state index contributed by atoms with van der Waals surface area (Å²) in [5.41, 5.74) is 9.28. The van der Waals surface area contributed by atoms with E-state index in [9.17, 15) is 4.79 Å². The van der Waals surface area contributed by atoms with E-state index < -0.39 is 0 Å². The molecule has 2 aromatic heterocycles. The summed E-state index contributed by atoms with van der Waals surface area (Å²) in [7, 11) is 0. The largest absolute Gasteiger partial charge is 0.325 e. The molecule has 3 aromatic rings. The van der Waals surface area contributed by atoms with Gasteiger partial charge in [-0.3, -0.25) is 4.79 Å². The van der Waals surface area contributed by atoms with Gasteiger partial charge in [-0.1, -0.05) is 55.5 Å². The molecule has 1 aromatic carbocycles. The molecule has 0 fully saturated rings. The zero-order valence-electron chi connectivity index (χ0n) is 15.9. The molecule has 144 valence electrons. The number of aromatic nitrogens is 4. The van der Waals surface area contributed by atoms with E-state index in [-0.39, 0.29) is 17.7 Å². The highest BCUT2D eigenvalue weighted by Crippen LogP contribution is 2.28. The summed E-state index contributed by atoms with van der Waals surface area (Å²) >= 11 is 2.80. The molecule has 0 aliphatic rings. The quantitative estimate of drug-likeness (QED) is 0.584. The van der Waals surface area contributed by atoms with Crippen LogP contribution in [0.5, 0.6) is 0 Å². The van der Waals surface area contributed by atoms with Crippen LogP contribution < -0.4 is 11.1 Å². The summed E-state index contributed by atoms with van der Waals surface area (Å²) in [6, 6.07) is 5.80. The van der Waals surface area contributed by atoms with Crippen LogP contribution in [0.25, 0.3) is 4.96 Å². The van der Waals surface area contributed by atoms with Gasteiger partial charge in [-0.15, -0.1) is 15.3 Å². The Hall–Kier alpha value is -1.97. The van der Waals surface area contributed by atoms with Crippen molar-refractivity contribution in [2.45, 2.75) is 44.5 Å². The maximum atomic E-state index is 12.3. The number of fused-ring (bicyclic) bond motifs is 1. The Morgan fingerprint density at radius 2 is 2.15 bits per heavy atom. The average molecular weight is 405 g/mol. The summed E-state index contributed by atoms with van der Waals surface area (Å²) < 4.78 is 2.47. The van der Waals surface area contributed by atoms with Gasteiger partial charge in [0.1, 0.15) is 0 Å². The van der Waals surface area contributed by atoms with E-state index in [1.807, 2.05) is 32.0 Å². The van der Waals surface area contributed by atoms with Crippen LogP contribution in [0.4, 0.5) is 5.69 Å². The van der Waals surface area contributed by atoms with Crippen LogP contribution in [0.3, 0.4) is 0 Å². The van der Waals surface area contributed by atoms with Crippen LogP contribution in [0, 0.1) is 19.8 Å². The molecule has 0 radical (unpaired) electrons. The van der Waals surface area contributed by atoms with Crippen molar-refractivity contribution in [3.05, 3.63) is 35.2 Å². The standard InChI is InChI=1S/C18H24N6OS2/c1-5-11(3)15(19)16-21-22-17-24(16)23-18(27-17)26-9-14(25)20-13-8-10(2)6-7-12(13)4/h6-8,11,15H,5,9,19H2,1-4H3,(H,20,25). The van der Waals surface area contributed by atoms with Crippen molar-refractivity contribution in [2.24, 2.45) is 11.7 Å². The van der Waals surface area contributed by atoms with Gasteiger partial charge in [0.15, 0.2) is 10.2 Å². The molecule has 7 nitrogen and oxygen atoms in total. The topological polar surface area (TPSA) is 98.2 Å². The number of anilines is 1. The SMILES string of the molecule is CCC(C)C(N)c1nnc2sc(SCC(=O)Nc3cc(C)ccc3C)nn12. The van der Waals surface area contributed by atoms with Crippen molar-refractivity contribution in [1.82, 2.24) is 19.8 Å². The third-order valence-corrected chi connectivity index (χ3v) is 6.58. The van der Waals surface area contributed by atoms with Crippen molar-refractivity contribution in [3.63, 3.8) is 0 Å². The van der Waals surface area contributed by atoms with Gasteiger partial charge in [0.2, 0.25) is 10.9 Å². The second kappa shape index (κ2) is 8.37. The lowest BCUT2D eigenvalue weighted by Gasteiger charge is -2.15. The molecule has 0 aliphatic carbocycles. The van der Waals surface area contributed by atoms with Gasteiger partial charge in [0, 0.05) is 5.69 Å².